The molecule has 4 nitrogen and oxygen atoms in total. The lowest BCUT2D eigenvalue weighted by Crippen LogP contribution is -1.97. The Morgan fingerprint density at radius 3 is 2.60 bits per heavy atom. The van der Waals surface area contributed by atoms with Crippen molar-refractivity contribution in [2.24, 2.45) is 7.05 Å². The number of benzene rings is 1. The summed E-state index contributed by atoms with van der Waals surface area (Å²) in [5.41, 5.74) is 1.11. The Bertz CT molecular complexity index is 417. The maximum Gasteiger partial charge on any atom is 0.336 e. The van der Waals surface area contributed by atoms with Crippen LogP contribution in [0.3, 0.4) is 0 Å². The molecular formula is C11H13N3O. The van der Waals surface area contributed by atoms with Crippen molar-refractivity contribution in [3.63, 3.8) is 0 Å². The normalized spacial score (nSPS) is 10.3. The number of hydrogen-bond acceptors (Lipinski definition) is 3. The highest BCUT2D eigenvalue weighted by atomic mass is 16.5. The smallest absolute Gasteiger partial charge is 0.336 e. The lowest BCUT2D eigenvalue weighted by Gasteiger charge is -2.00. The topological polar surface area (TPSA) is 39.9 Å². The summed E-state index contributed by atoms with van der Waals surface area (Å²) in [4.78, 5) is 4.15. The van der Waals surface area contributed by atoms with E-state index in [1.165, 1.54) is 0 Å². The fourth-order valence-electron chi connectivity index (χ4n) is 1.22. The van der Waals surface area contributed by atoms with E-state index >= 15 is 0 Å². The SMILES string of the molecule is Cc1nc(OCc2ccccc2)nn1C. The van der Waals surface area contributed by atoms with E-state index in [4.69, 9.17) is 4.74 Å². The molecule has 15 heavy (non-hydrogen) atoms. The molecule has 0 saturated carbocycles. The minimum absolute atomic E-state index is 0.429. The molecule has 1 aromatic carbocycles. The van der Waals surface area contributed by atoms with Gasteiger partial charge in [0, 0.05) is 7.05 Å². The van der Waals surface area contributed by atoms with E-state index < -0.39 is 0 Å². The zero-order valence-electron chi connectivity index (χ0n) is 8.84. The fourth-order valence-corrected chi connectivity index (χ4v) is 1.22. The molecule has 0 radical (unpaired) electrons. The Hall–Kier alpha value is -1.84. The quantitative estimate of drug-likeness (QED) is 0.762. The third-order valence-corrected chi connectivity index (χ3v) is 2.17. The van der Waals surface area contributed by atoms with Crippen LogP contribution in [-0.4, -0.2) is 14.8 Å². The van der Waals surface area contributed by atoms with Gasteiger partial charge in [-0.05, 0) is 12.5 Å². The van der Waals surface area contributed by atoms with E-state index in [-0.39, 0.29) is 0 Å². The summed E-state index contributed by atoms with van der Waals surface area (Å²) in [5, 5.41) is 4.11. The predicted octanol–water partition coefficient (Wildman–Crippen LogP) is 1.70. The molecule has 0 atom stereocenters. The van der Waals surface area contributed by atoms with Gasteiger partial charge in [-0.3, -0.25) is 0 Å². The molecule has 0 fully saturated rings. The third-order valence-electron chi connectivity index (χ3n) is 2.17. The summed E-state index contributed by atoms with van der Waals surface area (Å²) >= 11 is 0. The van der Waals surface area contributed by atoms with Gasteiger partial charge in [-0.1, -0.05) is 30.3 Å². The van der Waals surface area contributed by atoms with Crippen LogP contribution in [0.4, 0.5) is 0 Å². The molecule has 1 aromatic heterocycles. The minimum Gasteiger partial charge on any atom is -0.458 e. The number of aromatic nitrogens is 3. The molecular weight excluding hydrogens is 190 g/mol. The van der Waals surface area contributed by atoms with Crippen molar-refractivity contribution in [2.45, 2.75) is 13.5 Å². The third kappa shape index (κ3) is 2.34. The van der Waals surface area contributed by atoms with Crippen molar-refractivity contribution >= 4 is 0 Å². The van der Waals surface area contributed by atoms with E-state index in [9.17, 15) is 0 Å². The van der Waals surface area contributed by atoms with Crippen LogP contribution in [0.25, 0.3) is 0 Å². The summed E-state index contributed by atoms with van der Waals surface area (Å²) in [6.45, 7) is 2.40. The molecule has 0 amide bonds. The highest BCUT2D eigenvalue weighted by molar-refractivity contribution is 5.14. The van der Waals surface area contributed by atoms with Gasteiger partial charge in [0.2, 0.25) is 0 Å². The van der Waals surface area contributed by atoms with Crippen LogP contribution < -0.4 is 4.74 Å². The number of nitrogens with zero attached hydrogens (tertiary/aromatic N) is 3. The van der Waals surface area contributed by atoms with Crippen LogP contribution >= 0.6 is 0 Å². The van der Waals surface area contributed by atoms with E-state index in [1.54, 1.807) is 4.68 Å². The maximum absolute atomic E-state index is 5.45. The van der Waals surface area contributed by atoms with Gasteiger partial charge in [-0.15, -0.1) is 5.10 Å². The van der Waals surface area contributed by atoms with E-state index in [0.717, 1.165) is 11.4 Å². The molecule has 0 spiro atoms. The summed E-state index contributed by atoms with van der Waals surface area (Å²) < 4.78 is 7.15. The van der Waals surface area contributed by atoms with Crippen LogP contribution in [0.5, 0.6) is 6.01 Å². The van der Waals surface area contributed by atoms with E-state index in [1.807, 2.05) is 44.3 Å². The van der Waals surface area contributed by atoms with E-state index in [2.05, 4.69) is 10.1 Å². The van der Waals surface area contributed by atoms with Crippen molar-refractivity contribution in [1.82, 2.24) is 14.8 Å². The van der Waals surface area contributed by atoms with Gasteiger partial charge in [0.05, 0.1) is 0 Å². The predicted molar refractivity (Wildman–Crippen MR) is 56.5 cm³/mol. The molecule has 0 saturated heterocycles. The van der Waals surface area contributed by atoms with Crippen LogP contribution in [-0.2, 0) is 13.7 Å². The first-order valence-corrected chi connectivity index (χ1v) is 4.80. The van der Waals surface area contributed by atoms with Gasteiger partial charge in [0.25, 0.3) is 0 Å². The maximum atomic E-state index is 5.45. The minimum atomic E-state index is 0.429. The van der Waals surface area contributed by atoms with Crippen LogP contribution in [0.1, 0.15) is 11.4 Å². The first kappa shape index (κ1) is 9.71. The first-order chi connectivity index (χ1) is 7.25. The highest BCUT2D eigenvalue weighted by Gasteiger charge is 2.03. The molecule has 0 aliphatic rings. The molecule has 0 aliphatic carbocycles. The van der Waals surface area contributed by atoms with Crippen molar-refractivity contribution in [2.75, 3.05) is 0 Å². The average Bonchev–Trinajstić information content (AvgIpc) is 2.57. The van der Waals surface area contributed by atoms with Gasteiger partial charge in [-0.2, -0.15) is 4.98 Å². The Kier molecular flexibility index (Phi) is 2.67. The molecule has 2 rings (SSSR count). The Morgan fingerprint density at radius 1 is 1.27 bits per heavy atom. The van der Waals surface area contributed by atoms with Crippen LogP contribution in [0.15, 0.2) is 30.3 Å². The van der Waals surface area contributed by atoms with Gasteiger partial charge in [0.1, 0.15) is 12.4 Å². The second kappa shape index (κ2) is 4.13. The van der Waals surface area contributed by atoms with Gasteiger partial charge in [-0.25, -0.2) is 4.68 Å². The Labute approximate surface area is 88.5 Å². The first-order valence-electron chi connectivity index (χ1n) is 4.80. The molecule has 0 aliphatic heterocycles. The van der Waals surface area contributed by atoms with Crippen molar-refractivity contribution in [1.29, 1.82) is 0 Å². The number of ether oxygens (including phenoxy) is 1. The van der Waals surface area contributed by atoms with E-state index in [0.29, 0.717) is 12.6 Å². The average molecular weight is 203 g/mol. The Morgan fingerprint density at radius 2 is 2.00 bits per heavy atom. The Balaban J connectivity index is 1.99. The van der Waals surface area contributed by atoms with Crippen LogP contribution in [0, 0.1) is 6.92 Å². The molecule has 0 bridgehead atoms. The highest BCUT2D eigenvalue weighted by Crippen LogP contribution is 2.07. The van der Waals surface area contributed by atoms with Crippen molar-refractivity contribution < 1.29 is 4.74 Å². The summed E-state index contributed by atoms with van der Waals surface area (Å²) in [7, 11) is 1.84. The number of rotatable bonds is 3. The largest absolute Gasteiger partial charge is 0.458 e. The molecule has 0 unspecified atom stereocenters. The van der Waals surface area contributed by atoms with Crippen molar-refractivity contribution in [3.05, 3.63) is 41.7 Å². The van der Waals surface area contributed by atoms with Gasteiger partial charge >= 0.3 is 6.01 Å². The lowest BCUT2D eigenvalue weighted by atomic mass is 10.2. The zero-order chi connectivity index (χ0) is 10.7. The monoisotopic (exact) mass is 203 g/mol. The fraction of sp³-hybridized carbons (Fsp3) is 0.273. The summed E-state index contributed by atoms with van der Waals surface area (Å²) in [6.07, 6.45) is 0. The molecule has 4 heteroatoms. The summed E-state index contributed by atoms with van der Waals surface area (Å²) in [5.74, 6) is 0.845. The lowest BCUT2D eigenvalue weighted by molar-refractivity contribution is 0.280. The molecule has 0 N–H and O–H groups in total. The molecule has 1 heterocycles. The van der Waals surface area contributed by atoms with Gasteiger partial charge in [0.15, 0.2) is 0 Å². The number of hydrogen-bond donors (Lipinski definition) is 0. The second-order valence-corrected chi connectivity index (χ2v) is 3.34. The zero-order valence-corrected chi connectivity index (χ0v) is 8.84. The molecule has 2 aromatic rings. The van der Waals surface area contributed by atoms with Crippen LogP contribution in [0.2, 0.25) is 0 Å². The second-order valence-electron chi connectivity index (χ2n) is 3.34. The summed E-state index contributed by atoms with van der Waals surface area (Å²) in [6, 6.07) is 10.4. The van der Waals surface area contributed by atoms with Gasteiger partial charge < -0.3 is 4.74 Å². The molecule has 78 valence electrons. The van der Waals surface area contributed by atoms with Crippen molar-refractivity contribution in [3.8, 4) is 6.01 Å². The standard InChI is InChI=1S/C11H13N3O/c1-9-12-11(13-14(9)2)15-8-10-6-4-3-5-7-10/h3-7H,8H2,1-2H3. The number of aryl methyl sites for hydroxylation is 2.